The van der Waals surface area contributed by atoms with Crippen LogP contribution in [0.2, 0.25) is 0 Å². The van der Waals surface area contributed by atoms with Gasteiger partial charge in [-0.05, 0) is 36.2 Å². The van der Waals surface area contributed by atoms with Crippen LogP contribution in [0.4, 0.5) is 11.6 Å². The van der Waals surface area contributed by atoms with Gasteiger partial charge in [-0.25, -0.2) is 9.97 Å². The smallest absolute Gasteiger partial charge is 0.138 e. The number of aromatic nitrogens is 2. The highest BCUT2D eigenvalue weighted by Crippen LogP contribution is 2.27. The molecule has 0 aromatic carbocycles. The van der Waals surface area contributed by atoms with Crippen molar-refractivity contribution in [1.82, 2.24) is 15.3 Å². The minimum absolute atomic E-state index is 0.225. The van der Waals surface area contributed by atoms with Gasteiger partial charge in [0.1, 0.15) is 23.5 Å². The van der Waals surface area contributed by atoms with Crippen LogP contribution in [0.3, 0.4) is 0 Å². The van der Waals surface area contributed by atoms with Crippen LogP contribution in [0, 0.1) is 6.92 Å². The number of nitrogens with zero attached hydrogens (tertiary/aromatic N) is 3. The lowest BCUT2D eigenvalue weighted by Crippen LogP contribution is -2.39. The Bertz CT molecular complexity index is 723. The van der Waals surface area contributed by atoms with Crippen molar-refractivity contribution in [2.24, 2.45) is 0 Å². The van der Waals surface area contributed by atoms with Crippen molar-refractivity contribution >= 4 is 11.6 Å². The first kappa shape index (κ1) is 15.2. The monoisotopic (exact) mass is 325 g/mol. The molecule has 126 valence electrons. The third-order valence-electron chi connectivity index (χ3n) is 4.77. The minimum Gasteiger partial charge on any atom is -0.489 e. The molecule has 2 aromatic rings. The fraction of sp³-hybridized carbons (Fsp3) is 0.444. The molecule has 2 aromatic heterocycles. The summed E-state index contributed by atoms with van der Waals surface area (Å²) in [5.74, 6) is 2.44. The normalized spacial score (nSPS) is 17.8. The third kappa shape index (κ3) is 3.01. The number of anilines is 2. The highest BCUT2D eigenvalue weighted by molar-refractivity contribution is 5.50. The summed E-state index contributed by atoms with van der Waals surface area (Å²) in [5.41, 5.74) is 9.41. The van der Waals surface area contributed by atoms with Gasteiger partial charge in [0.25, 0.3) is 0 Å². The average Bonchev–Trinajstić information content (AvgIpc) is 3.04. The maximum Gasteiger partial charge on any atom is 0.138 e. The molecule has 2 aliphatic heterocycles. The standard InChI is InChI=1S/C18H23N5O/c1-12-8-13-9-20-11-16(13)22-18(12)23-6-4-14(5-7-23)24-15-2-3-17(19)21-10-15/h2-3,8,10,14,20H,4-7,9,11H2,1H3,(H2,19,21). The van der Waals surface area contributed by atoms with Crippen LogP contribution in [0.1, 0.15) is 29.7 Å². The van der Waals surface area contributed by atoms with Gasteiger partial charge in [0.05, 0.1) is 11.9 Å². The van der Waals surface area contributed by atoms with Gasteiger partial charge in [-0.3, -0.25) is 0 Å². The van der Waals surface area contributed by atoms with Crippen molar-refractivity contribution in [3.8, 4) is 5.75 Å². The third-order valence-corrected chi connectivity index (χ3v) is 4.77. The lowest BCUT2D eigenvalue weighted by atomic mass is 10.1. The highest BCUT2D eigenvalue weighted by Gasteiger charge is 2.24. The molecular weight excluding hydrogens is 302 g/mol. The van der Waals surface area contributed by atoms with E-state index in [9.17, 15) is 0 Å². The van der Waals surface area contributed by atoms with E-state index in [0.717, 1.165) is 50.6 Å². The molecule has 3 N–H and O–H groups in total. The number of pyridine rings is 2. The Balaban J connectivity index is 1.40. The van der Waals surface area contributed by atoms with E-state index in [-0.39, 0.29) is 6.10 Å². The molecule has 4 heterocycles. The Kier molecular flexibility index (Phi) is 3.98. The molecular formula is C18H23N5O. The molecule has 0 atom stereocenters. The second kappa shape index (κ2) is 6.28. The van der Waals surface area contributed by atoms with E-state index < -0.39 is 0 Å². The van der Waals surface area contributed by atoms with E-state index in [1.165, 1.54) is 16.8 Å². The van der Waals surface area contributed by atoms with Crippen LogP contribution in [0.5, 0.6) is 5.75 Å². The summed E-state index contributed by atoms with van der Waals surface area (Å²) < 4.78 is 6.02. The number of hydrogen-bond acceptors (Lipinski definition) is 6. The van der Waals surface area contributed by atoms with Crippen LogP contribution < -0.4 is 20.7 Å². The number of piperidine rings is 1. The first-order valence-corrected chi connectivity index (χ1v) is 8.52. The van der Waals surface area contributed by atoms with Gasteiger partial charge in [-0.1, -0.05) is 0 Å². The number of fused-ring (bicyclic) bond motifs is 1. The van der Waals surface area contributed by atoms with Gasteiger partial charge in [0.2, 0.25) is 0 Å². The van der Waals surface area contributed by atoms with Crippen molar-refractivity contribution in [3.05, 3.63) is 41.2 Å². The Labute approximate surface area is 142 Å². The largest absolute Gasteiger partial charge is 0.489 e. The minimum atomic E-state index is 0.225. The van der Waals surface area contributed by atoms with E-state index in [0.29, 0.717) is 5.82 Å². The Morgan fingerprint density at radius 2 is 2.08 bits per heavy atom. The molecule has 0 saturated carbocycles. The number of aryl methyl sites for hydroxylation is 1. The van der Waals surface area contributed by atoms with E-state index in [1.54, 1.807) is 12.3 Å². The summed E-state index contributed by atoms with van der Waals surface area (Å²) in [7, 11) is 0. The quantitative estimate of drug-likeness (QED) is 0.899. The van der Waals surface area contributed by atoms with Gasteiger partial charge < -0.3 is 20.7 Å². The number of hydrogen-bond donors (Lipinski definition) is 2. The number of rotatable bonds is 3. The topological polar surface area (TPSA) is 76.3 Å². The maximum atomic E-state index is 6.02. The van der Waals surface area contributed by atoms with Gasteiger partial charge >= 0.3 is 0 Å². The predicted molar refractivity (Wildman–Crippen MR) is 94.0 cm³/mol. The van der Waals surface area contributed by atoms with E-state index in [4.69, 9.17) is 15.5 Å². The number of nitrogens with two attached hydrogens (primary N) is 1. The zero-order chi connectivity index (χ0) is 16.5. The molecule has 0 unspecified atom stereocenters. The van der Waals surface area contributed by atoms with Gasteiger partial charge in [0.15, 0.2) is 0 Å². The van der Waals surface area contributed by atoms with Crippen molar-refractivity contribution in [1.29, 1.82) is 0 Å². The molecule has 0 amide bonds. The summed E-state index contributed by atoms with van der Waals surface area (Å²) in [6.45, 7) is 5.91. The van der Waals surface area contributed by atoms with Gasteiger partial charge in [0, 0.05) is 39.0 Å². The van der Waals surface area contributed by atoms with Crippen molar-refractivity contribution < 1.29 is 4.74 Å². The lowest BCUT2D eigenvalue weighted by molar-refractivity contribution is 0.170. The van der Waals surface area contributed by atoms with Crippen LogP contribution in [-0.4, -0.2) is 29.2 Å². The number of nitrogens with one attached hydrogen (secondary N) is 1. The van der Waals surface area contributed by atoms with Crippen molar-refractivity contribution in [2.75, 3.05) is 23.7 Å². The summed E-state index contributed by atoms with van der Waals surface area (Å²) in [5, 5.41) is 3.37. The van der Waals surface area contributed by atoms with Crippen LogP contribution in [-0.2, 0) is 13.1 Å². The fourth-order valence-electron chi connectivity index (χ4n) is 3.48. The molecule has 6 heteroatoms. The number of ether oxygens (including phenoxy) is 1. The molecule has 0 bridgehead atoms. The number of nitrogen functional groups attached to an aromatic ring is 1. The van der Waals surface area contributed by atoms with Crippen LogP contribution in [0.25, 0.3) is 0 Å². The van der Waals surface area contributed by atoms with E-state index >= 15 is 0 Å². The zero-order valence-corrected chi connectivity index (χ0v) is 14.0. The van der Waals surface area contributed by atoms with Crippen molar-refractivity contribution in [3.63, 3.8) is 0 Å². The molecule has 0 spiro atoms. The van der Waals surface area contributed by atoms with Gasteiger partial charge in [-0.15, -0.1) is 0 Å². The molecule has 1 saturated heterocycles. The molecule has 0 radical (unpaired) electrons. The van der Waals surface area contributed by atoms with Crippen molar-refractivity contribution in [2.45, 2.75) is 39.0 Å². The van der Waals surface area contributed by atoms with Crippen LogP contribution in [0.15, 0.2) is 24.4 Å². The predicted octanol–water partition coefficient (Wildman–Crippen LogP) is 2.02. The lowest BCUT2D eigenvalue weighted by Gasteiger charge is -2.34. The maximum absolute atomic E-state index is 6.02. The summed E-state index contributed by atoms with van der Waals surface area (Å²) in [6.07, 6.45) is 3.89. The van der Waals surface area contributed by atoms with E-state index in [2.05, 4.69) is 28.2 Å². The fourth-order valence-corrected chi connectivity index (χ4v) is 3.48. The Morgan fingerprint density at radius 1 is 1.25 bits per heavy atom. The molecule has 0 aliphatic carbocycles. The second-order valence-corrected chi connectivity index (χ2v) is 6.56. The SMILES string of the molecule is Cc1cc2c(nc1N1CCC(Oc3ccc(N)nc3)CC1)CNC2. The molecule has 2 aliphatic rings. The van der Waals surface area contributed by atoms with Crippen LogP contribution >= 0.6 is 0 Å². The summed E-state index contributed by atoms with van der Waals surface area (Å²) in [4.78, 5) is 11.4. The Hall–Kier alpha value is -2.34. The highest BCUT2D eigenvalue weighted by atomic mass is 16.5. The summed E-state index contributed by atoms with van der Waals surface area (Å²) >= 11 is 0. The zero-order valence-electron chi connectivity index (χ0n) is 14.0. The molecule has 6 nitrogen and oxygen atoms in total. The molecule has 1 fully saturated rings. The summed E-state index contributed by atoms with van der Waals surface area (Å²) in [6, 6.07) is 5.94. The van der Waals surface area contributed by atoms with E-state index in [1.807, 2.05) is 6.07 Å². The second-order valence-electron chi connectivity index (χ2n) is 6.56. The van der Waals surface area contributed by atoms with Gasteiger partial charge in [-0.2, -0.15) is 0 Å². The first-order valence-electron chi connectivity index (χ1n) is 8.52. The Morgan fingerprint density at radius 3 is 2.83 bits per heavy atom. The molecule has 24 heavy (non-hydrogen) atoms. The average molecular weight is 325 g/mol. The molecule has 4 rings (SSSR count). The first-order chi connectivity index (χ1) is 11.7.